The van der Waals surface area contributed by atoms with Crippen LogP contribution in [0.4, 0.5) is 5.69 Å². The van der Waals surface area contributed by atoms with E-state index in [0.717, 1.165) is 17.0 Å². The van der Waals surface area contributed by atoms with Crippen molar-refractivity contribution in [2.45, 2.75) is 26.2 Å². The fraction of sp³-hybridized carbons (Fsp3) is 0.417. The SMILES string of the molecule is COc1cc(C)cc2c1NC(=O)C[C@@H]2C. The zero-order valence-electron chi connectivity index (χ0n) is 9.26. The van der Waals surface area contributed by atoms with E-state index in [9.17, 15) is 4.79 Å². The van der Waals surface area contributed by atoms with E-state index in [1.807, 2.05) is 13.0 Å². The predicted octanol–water partition coefficient (Wildman–Crippen LogP) is 2.45. The number of anilines is 1. The normalized spacial score (nSPS) is 19.4. The molecule has 0 aromatic heterocycles. The van der Waals surface area contributed by atoms with Crippen molar-refractivity contribution in [2.75, 3.05) is 12.4 Å². The van der Waals surface area contributed by atoms with Crippen LogP contribution < -0.4 is 10.1 Å². The van der Waals surface area contributed by atoms with Gasteiger partial charge in [-0.25, -0.2) is 0 Å². The number of aryl methyl sites for hydroxylation is 1. The highest BCUT2D eigenvalue weighted by Gasteiger charge is 2.24. The summed E-state index contributed by atoms with van der Waals surface area (Å²) in [6.45, 7) is 4.10. The molecule has 15 heavy (non-hydrogen) atoms. The summed E-state index contributed by atoms with van der Waals surface area (Å²) in [7, 11) is 1.63. The van der Waals surface area contributed by atoms with Gasteiger partial charge in [-0.2, -0.15) is 0 Å². The molecule has 1 aliphatic rings. The monoisotopic (exact) mass is 205 g/mol. The molecule has 0 unspecified atom stereocenters. The molecule has 0 bridgehead atoms. The van der Waals surface area contributed by atoms with Crippen molar-refractivity contribution in [3.8, 4) is 5.75 Å². The smallest absolute Gasteiger partial charge is 0.225 e. The highest BCUT2D eigenvalue weighted by atomic mass is 16.5. The number of amides is 1. The van der Waals surface area contributed by atoms with Crippen LogP contribution in [0.3, 0.4) is 0 Å². The van der Waals surface area contributed by atoms with Crippen molar-refractivity contribution in [2.24, 2.45) is 0 Å². The van der Waals surface area contributed by atoms with Crippen LogP contribution in [0, 0.1) is 6.92 Å². The molecule has 80 valence electrons. The van der Waals surface area contributed by atoms with Gasteiger partial charge in [-0.1, -0.05) is 13.0 Å². The number of rotatable bonds is 1. The van der Waals surface area contributed by atoms with Crippen LogP contribution >= 0.6 is 0 Å². The molecular formula is C12H15NO2. The van der Waals surface area contributed by atoms with Crippen LogP contribution in [0.25, 0.3) is 0 Å². The number of carbonyl (C=O) groups excluding carboxylic acids is 1. The van der Waals surface area contributed by atoms with Gasteiger partial charge in [0, 0.05) is 6.42 Å². The van der Waals surface area contributed by atoms with Gasteiger partial charge in [0.1, 0.15) is 5.75 Å². The second-order valence-electron chi connectivity index (χ2n) is 4.08. The molecule has 0 aliphatic carbocycles. The number of nitrogens with one attached hydrogen (secondary N) is 1. The Morgan fingerprint density at radius 1 is 1.47 bits per heavy atom. The molecule has 2 rings (SSSR count). The first-order valence-corrected chi connectivity index (χ1v) is 5.10. The van der Waals surface area contributed by atoms with E-state index < -0.39 is 0 Å². The Labute approximate surface area is 89.4 Å². The third-order valence-electron chi connectivity index (χ3n) is 2.78. The Balaban J connectivity index is 2.58. The van der Waals surface area contributed by atoms with Crippen LogP contribution in [0.15, 0.2) is 12.1 Å². The number of fused-ring (bicyclic) bond motifs is 1. The Morgan fingerprint density at radius 2 is 2.20 bits per heavy atom. The maximum Gasteiger partial charge on any atom is 0.225 e. The average Bonchev–Trinajstić information content (AvgIpc) is 2.18. The number of hydrogen-bond donors (Lipinski definition) is 1. The molecule has 3 nitrogen and oxygen atoms in total. The van der Waals surface area contributed by atoms with E-state index in [0.29, 0.717) is 6.42 Å². The van der Waals surface area contributed by atoms with Gasteiger partial charge in [0.05, 0.1) is 12.8 Å². The van der Waals surface area contributed by atoms with Crippen molar-refractivity contribution in [3.05, 3.63) is 23.3 Å². The lowest BCUT2D eigenvalue weighted by Crippen LogP contribution is -2.22. The number of benzene rings is 1. The Morgan fingerprint density at radius 3 is 2.87 bits per heavy atom. The van der Waals surface area contributed by atoms with Gasteiger partial charge in [-0.05, 0) is 30.0 Å². The van der Waals surface area contributed by atoms with Crippen LogP contribution in [-0.4, -0.2) is 13.0 Å². The van der Waals surface area contributed by atoms with Crippen molar-refractivity contribution >= 4 is 11.6 Å². The first-order chi connectivity index (χ1) is 7.11. The fourth-order valence-electron chi connectivity index (χ4n) is 2.04. The van der Waals surface area contributed by atoms with E-state index in [1.54, 1.807) is 7.11 Å². The molecule has 1 N–H and O–H groups in total. The quantitative estimate of drug-likeness (QED) is 0.764. The number of carbonyl (C=O) groups is 1. The predicted molar refractivity (Wildman–Crippen MR) is 59.4 cm³/mol. The standard InChI is InChI=1S/C12H15NO2/c1-7-4-9-8(2)6-11(14)13-12(9)10(5-7)15-3/h4-5,8H,6H2,1-3H3,(H,13,14)/t8-/m0/s1. The lowest BCUT2D eigenvalue weighted by atomic mass is 9.90. The van der Waals surface area contributed by atoms with Crippen molar-refractivity contribution in [3.63, 3.8) is 0 Å². The van der Waals surface area contributed by atoms with Gasteiger partial charge >= 0.3 is 0 Å². The molecule has 0 radical (unpaired) electrons. The van der Waals surface area contributed by atoms with Crippen molar-refractivity contribution < 1.29 is 9.53 Å². The summed E-state index contributed by atoms with van der Waals surface area (Å²) in [6.07, 6.45) is 0.555. The zero-order chi connectivity index (χ0) is 11.0. The molecule has 0 fully saturated rings. The van der Waals surface area contributed by atoms with Gasteiger partial charge in [0.25, 0.3) is 0 Å². The summed E-state index contributed by atoms with van der Waals surface area (Å²) in [5, 5.41) is 2.87. The topological polar surface area (TPSA) is 38.3 Å². The lowest BCUT2D eigenvalue weighted by molar-refractivity contribution is -0.116. The summed E-state index contributed by atoms with van der Waals surface area (Å²) < 4.78 is 5.28. The largest absolute Gasteiger partial charge is 0.495 e. The Hall–Kier alpha value is -1.51. The highest BCUT2D eigenvalue weighted by Crippen LogP contribution is 2.39. The summed E-state index contributed by atoms with van der Waals surface area (Å²) in [4.78, 5) is 11.4. The van der Waals surface area contributed by atoms with Gasteiger partial charge in [0.15, 0.2) is 0 Å². The highest BCUT2D eigenvalue weighted by molar-refractivity contribution is 5.96. The van der Waals surface area contributed by atoms with E-state index in [2.05, 4.69) is 18.3 Å². The summed E-state index contributed by atoms with van der Waals surface area (Å²) >= 11 is 0. The second kappa shape index (κ2) is 3.57. The Bertz CT molecular complexity index is 412. The molecule has 0 saturated carbocycles. The van der Waals surface area contributed by atoms with E-state index in [4.69, 9.17) is 4.74 Å². The van der Waals surface area contributed by atoms with Gasteiger partial charge in [-0.15, -0.1) is 0 Å². The van der Waals surface area contributed by atoms with Crippen LogP contribution in [-0.2, 0) is 4.79 Å². The molecule has 1 atom stereocenters. The van der Waals surface area contributed by atoms with Gasteiger partial charge in [0.2, 0.25) is 5.91 Å². The van der Waals surface area contributed by atoms with Crippen LogP contribution in [0.2, 0.25) is 0 Å². The van der Waals surface area contributed by atoms with Gasteiger partial charge < -0.3 is 10.1 Å². The zero-order valence-corrected chi connectivity index (χ0v) is 9.26. The van der Waals surface area contributed by atoms with Crippen molar-refractivity contribution in [1.29, 1.82) is 0 Å². The molecule has 1 aromatic rings. The molecule has 3 heteroatoms. The summed E-state index contributed by atoms with van der Waals surface area (Å²) in [5.74, 6) is 1.09. The van der Waals surface area contributed by atoms with Crippen molar-refractivity contribution in [1.82, 2.24) is 0 Å². The lowest BCUT2D eigenvalue weighted by Gasteiger charge is -2.25. The van der Waals surface area contributed by atoms with E-state index in [1.165, 1.54) is 5.56 Å². The minimum Gasteiger partial charge on any atom is -0.495 e. The molecule has 1 aromatic carbocycles. The molecule has 1 heterocycles. The third kappa shape index (κ3) is 1.69. The van der Waals surface area contributed by atoms with E-state index >= 15 is 0 Å². The number of ether oxygens (including phenoxy) is 1. The van der Waals surface area contributed by atoms with Crippen LogP contribution in [0.5, 0.6) is 5.75 Å². The summed E-state index contributed by atoms with van der Waals surface area (Å²) in [6, 6.07) is 4.05. The fourth-order valence-corrected chi connectivity index (χ4v) is 2.04. The minimum absolute atomic E-state index is 0.0668. The molecular weight excluding hydrogens is 190 g/mol. The maximum absolute atomic E-state index is 11.4. The minimum atomic E-state index is 0.0668. The molecule has 0 spiro atoms. The van der Waals surface area contributed by atoms with E-state index in [-0.39, 0.29) is 11.8 Å². The third-order valence-corrected chi connectivity index (χ3v) is 2.78. The molecule has 0 saturated heterocycles. The number of hydrogen-bond acceptors (Lipinski definition) is 2. The van der Waals surface area contributed by atoms with Gasteiger partial charge in [-0.3, -0.25) is 4.79 Å². The summed E-state index contributed by atoms with van der Waals surface area (Å²) in [5.41, 5.74) is 3.17. The first kappa shape index (κ1) is 10.0. The van der Waals surface area contributed by atoms with Crippen LogP contribution in [0.1, 0.15) is 30.4 Å². The second-order valence-corrected chi connectivity index (χ2v) is 4.08. The first-order valence-electron chi connectivity index (χ1n) is 5.10. The Kier molecular flexibility index (Phi) is 2.39. The average molecular weight is 205 g/mol. The molecule has 1 aliphatic heterocycles. The number of methoxy groups -OCH3 is 1. The maximum atomic E-state index is 11.4. The molecule has 1 amide bonds.